The van der Waals surface area contributed by atoms with E-state index < -0.39 is 22.3 Å². The molecule has 0 saturated heterocycles. The number of carbonyl (C=O) groups excluding carboxylic acids is 1. The van der Waals surface area contributed by atoms with E-state index in [1.165, 1.54) is 6.20 Å². The third-order valence-corrected chi connectivity index (χ3v) is 2.59. The third kappa shape index (κ3) is 2.71. The molecular weight excluding hydrogens is 269 g/mol. The average Bonchev–Trinajstić information content (AvgIpc) is 2.81. The Kier molecular flexibility index (Phi) is 3.60. The van der Waals surface area contributed by atoms with Crippen molar-refractivity contribution in [3.8, 4) is 0 Å². The largest absolute Gasteiger partial charge is 0.384 e. The summed E-state index contributed by atoms with van der Waals surface area (Å²) in [6.07, 6.45) is 1.43. The molecule has 8 nitrogen and oxygen atoms in total. The molecule has 9 heteroatoms. The molecule has 0 radical (unpaired) electrons. The summed E-state index contributed by atoms with van der Waals surface area (Å²) in [6.45, 7) is 0.0513. The van der Waals surface area contributed by atoms with Crippen molar-refractivity contribution in [2.24, 2.45) is 0 Å². The molecule has 104 valence electrons. The molecule has 0 unspecified atom stereocenters. The number of nitrogens with zero attached hydrogens (tertiary/aromatic N) is 2. The van der Waals surface area contributed by atoms with Gasteiger partial charge in [0, 0.05) is 12.1 Å². The van der Waals surface area contributed by atoms with Crippen LogP contribution in [0.25, 0.3) is 0 Å². The van der Waals surface area contributed by atoms with E-state index in [0.29, 0.717) is 17.4 Å². The van der Waals surface area contributed by atoms with Crippen LogP contribution < -0.4 is 11.1 Å². The minimum Gasteiger partial charge on any atom is -0.384 e. The fourth-order valence-electron chi connectivity index (χ4n) is 1.58. The summed E-state index contributed by atoms with van der Waals surface area (Å²) in [4.78, 5) is 21.9. The molecule has 0 saturated carbocycles. The summed E-state index contributed by atoms with van der Waals surface area (Å²) < 4.78 is 13.0. The Balaban J connectivity index is 2.17. The van der Waals surface area contributed by atoms with Gasteiger partial charge in [-0.15, -0.1) is 0 Å². The highest BCUT2D eigenvalue weighted by Crippen LogP contribution is 2.19. The van der Waals surface area contributed by atoms with Crippen LogP contribution in [0.3, 0.4) is 0 Å². The van der Waals surface area contributed by atoms with Crippen molar-refractivity contribution in [2.75, 3.05) is 5.73 Å². The number of carbonyl (C=O) groups is 1. The number of nitrogen functional groups attached to an aromatic ring is 1. The monoisotopic (exact) mass is 279 g/mol. The fraction of sp³-hybridized carbons (Fsp3) is 0.0909. The van der Waals surface area contributed by atoms with Gasteiger partial charge in [0.2, 0.25) is 0 Å². The van der Waals surface area contributed by atoms with Crippen LogP contribution in [0.5, 0.6) is 0 Å². The minimum absolute atomic E-state index is 0.0513. The normalized spacial score (nSPS) is 10.2. The van der Waals surface area contributed by atoms with Gasteiger partial charge in [-0.2, -0.15) is 5.10 Å². The average molecular weight is 279 g/mol. The number of aromatic amines is 1. The van der Waals surface area contributed by atoms with Gasteiger partial charge >= 0.3 is 0 Å². The predicted molar refractivity (Wildman–Crippen MR) is 67.2 cm³/mol. The summed E-state index contributed by atoms with van der Waals surface area (Å²) in [5, 5.41) is 19.4. The molecule has 4 N–H and O–H groups in total. The minimum atomic E-state index is -0.815. The Hall–Kier alpha value is -2.97. The maximum Gasteiger partial charge on any atom is 0.285 e. The topological polar surface area (TPSA) is 127 Å². The number of nitro groups is 1. The van der Waals surface area contributed by atoms with Gasteiger partial charge in [-0.1, -0.05) is 0 Å². The lowest BCUT2D eigenvalue weighted by Crippen LogP contribution is -2.24. The summed E-state index contributed by atoms with van der Waals surface area (Å²) >= 11 is 0. The van der Waals surface area contributed by atoms with Crippen molar-refractivity contribution in [1.82, 2.24) is 15.5 Å². The van der Waals surface area contributed by atoms with E-state index in [0.717, 1.165) is 12.1 Å². The third-order valence-electron chi connectivity index (χ3n) is 2.59. The number of nitro benzene ring substituents is 1. The molecule has 1 heterocycles. The zero-order valence-electron chi connectivity index (χ0n) is 10.1. The van der Waals surface area contributed by atoms with E-state index in [-0.39, 0.29) is 12.1 Å². The second-order valence-electron chi connectivity index (χ2n) is 3.91. The van der Waals surface area contributed by atoms with Crippen molar-refractivity contribution in [3.05, 3.63) is 51.5 Å². The van der Waals surface area contributed by atoms with Gasteiger partial charge < -0.3 is 11.1 Å². The fourth-order valence-corrected chi connectivity index (χ4v) is 1.58. The van der Waals surface area contributed by atoms with Crippen molar-refractivity contribution in [2.45, 2.75) is 6.54 Å². The molecule has 0 spiro atoms. The number of halogens is 1. The zero-order valence-corrected chi connectivity index (χ0v) is 10.1. The van der Waals surface area contributed by atoms with Gasteiger partial charge in [-0.3, -0.25) is 20.0 Å². The first-order valence-corrected chi connectivity index (χ1v) is 5.49. The highest BCUT2D eigenvalue weighted by molar-refractivity contribution is 5.98. The molecule has 2 aromatic rings. The molecule has 0 bridgehead atoms. The van der Waals surface area contributed by atoms with Crippen LogP contribution in [0.4, 0.5) is 15.9 Å². The molecule has 1 amide bonds. The summed E-state index contributed by atoms with van der Waals surface area (Å²) in [6, 6.07) is 2.73. The number of rotatable bonds is 4. The van der Waals surface area contributed by atoms with E-state index >= 15 is 0 Å². The summed E-state index contributed by atoms with van der Waals surface area (Å²) in [7, 11) is 0. The lowest BCUT2D eigenvalue weighted by Gasteiger charge is -2.05. The molecule has 0 atom stereocenters. The van der Waals surface area contributed by atoms with Crippen molar-refractivity contribution in [3.63, 3.8) is 0 Å². The number of H-pyrrole nitrogens is 1. The Morgan fingerprint density at radius 1 is 1.55 bits per heavy atom. The highest BCUT2D eigenvalue weighted by atomic mass is 19.1. The number of hydrogen-bond acceptors (Lipinski definition) is 5. The molecule has 1 aromatic carbocycles. The van der Waals surface area contributed by atoms with Crippen LogP contribution in [-0.2, 0) is 6.54 Å². The second kappa shape index (κ2) is 5.34. The van der Waals surface area contributed by atoms with Gasteiger partial charge in [0.25, 0.3) is 11.6 Å². The highest BCUT2D eigenvalue weighted by Gasteiger charge is 2.21. The molecule has 0 aliphatic rings. The van der Waals surface area contributed by atoms with Gasteiger partial charge in [0.05, 0.1) is 17.2 Å². The van der Waals surface area contributed by atoms with Gasteiger partial charge in [-0.25, -0.2) is 4.39 Å². The molecule has 0 fully saturated rings. The van der Waals surface area contributed by atoms with E-state index in [1.54, 1.807) is 0 Å². The Labute approximate surface area is 111 Å². The Morgan fingerprint density at radius 2 is 2.30 bits per heavy atom. The second-order valence-corrected chi connectivity index (χ2v) is 3.91. The molecule has 2 rings (SSSR count). The van der Waals surface area contributed by atoms with Crippen LogP contribution in [0.1, 0.15) is 15.9 Å². The standard InChI is InChI=1S/C11H10FN5O3/c12-7-1-2-8(9(3-7)17(19)20)11(18)14-4-6-5-15-16-10(6)13/h1-3,5H,4H2,(H,14,18)(H3,13,15,16). The number of nitrogens with one attached hydrogen (secondary N) is 2. The Morgan fingerprint density at radius 3 is 2.90 bits per heavy atom. The summed E-state index contributed by atoms with van der Waals surface area (Å²) in [5.74, 6) is -1.19. The van der Waals surface area contributed by atoms with Gasteiger partial charge in [-0.05, 0) is 12.1 Å². The number of nitrogens with two attached hydrogens (primary N) is 1. The predicted octanol–water partition coefficient (Wildman–Crippen LogP) is 0.969. The van der Waals surface area contributed by atoms with Crippen LogP contribution in [0, 0.1) is 15.9 Å². The van der Waals surface area contributed by atoms with Crippen LogP contribution >= 0.6 is 0 Å². The lowest BCUT2D eigenvalue weighted by atomic mass is 10.1. The Bertz CT molecular complexity index is 670. The molecule has 0 aliphatic heterocycles. The first kappa shape index (κ1) is 13.5. The number of amides is 1. The van der Waals surface area contributed by atoms with Crippen molar-refractivity contribution < 1.29 is 14.1 Å². The van der Waals surface area contributed by atoms with Crippen molar-refractivity contribution >= 4 is 17.4 Å². The number of hydrogen-bond donors (Lipinski definition) is 3. The van der Waals surface area contributed by atoms with Gasteiger partial charge in [0.1, 0.15) is 17.2 Å². The lowest BCUT2D eigenvalue weighted by molar-refractivity contribution is -0.385. The SMILES string of the molecule is Nc1[nH]ncc1CNC(=O)c1ccc(F)cc1[N+](=O)[O-]. The quantitative estimate of drug-likeness (QED) is 0.567. The molecule has 20 heavy (non-hydrogen) atoms. The van der Waals surface area contributed by atoms with E-state index in [4.69, 9.17) is 5.73 Å². The number of anilines is 1. The van der Waals surface area contributed by atoms with Crippen LogP contribution in [-0.4, -0.2) is 21.0 Å². The molecular formula is C11H10FN5O3. The van der Waals surface area contributed by atoms with Crippen molar-refractivity contribution in [1.29, 1.82) is 0 Å². The zero-order chi connectivity index (χ0) is 14.7. The maximum absolute atomic E-state index is 13.0. The first-order chi connectivity index (χ1) is 9.49. The van der Waals surface area contributed by atoms with E-state index in [1.807, 2.05) is 0 Å². The van der Waals surface area contributed by atoms with E-state index in [9.17, 15) is 19.3 Å². The van der Waals surface area contributed by atoms with Crippen LogP contribution in [0.2, 0.25) is 0 Å². The van der Waals surface area contributed by atoms with E-state index in [2.05, 4.69) is 15.5 Å². The number of benzene rings is 1. The molecule has 1 aromatic heterocycles. The number of aromatic nitrogens is 2. The smallest absolute Gasteiger partial charge is 0.285 e. The van der Waals surface area contributed by atoms with Gasteiger partial charge in [0.15, 0.2) is 0 Å². The maximum atomic E-state index is 13.0. The summed E-state index contributed by atoms with van der Waals surface area (Å²) in [5.41, 5.74) is 5.26. The van der Waals surface area contributed by atoms with Crippen LogP contribution in [0.15, 0.2) is 24.4 Å². The molecule has 0 aliphatic carbocycles. The first-order valence-electron chi connectivity index (χ1n) is 5.49.